The molecule has 1 rings (SSSR count). The third kappa shape index (κ3) is 2.47. The first-order valence-electron chi connectivity index (χ1n) is 3.74. The van der Waals surface area contributed by atoms with Crippen LogP contribution in [0.25, 0.3) is 0 Å². The second-order valence-electron chi connectivity index (χ2n) is 2.55. The van der Waals surface area contributed by atoms with Crippen molar-refractivity contribution in [2.75, 3.05) is 13.2 Å². The van der Waals surface area contributed by atoms with Crippen molar-refractivity contribution in [3.05, 3.63) is 12.2 Å². The molecule has 0 aliphatic carbocycles. The van der Waals surface area contributed by atoms with E-state index < -0.39 is 12.0 Å². The summed E-state index contributed by atoms with van der Waals surface area (Å²) in [5, 5.41) is 8.54. The summed E-state index contributed by atoms with van der Waals surface area (Å²) < 4.78 is 5.05. The van der Waals surface area contributed by atoms with Crippen LogP contribution in [-0.4, -0.2) is 36.0 Å². The van der Waals surface area contributed by atoms with E-state index in [0.717, 1.165) is 0 Å². The molecule has 0 unspecified atom stereocenters. The number of hydrogen-bond acceptors (Lipinski definition) is 3. The predicted octanol–water partition coefficient (Wildman–Crippen LogP) is 0.487. The zero-order chi connectivity index (χ0) is 8.97. The van der Waals surface area contributed by atoms with Crippen LogP contribution in [0.3, 0.4) is 0 Å². The monoisotopic (exact) mass is 169 g/mol. The summed E-state index contributed by atoms with van der Waals surface area (Å²) in [6.07, 6.45) is 3.61. The predicted molar refractivity (Wildman–Crippen MR) is 44.5 cm³/mol. The van der Waals surface area contributed by atoms with E-state index in [0.29, 0.717) is 18.9 Å². The highest BCUT2D eigenvalue weighted by Crippen LogP contribution is 1.97. The maximum Gasteiger partial charge on any atom is 0.328 e. The quantitative estimate of drug-likeness (QED) is 0.654. The van der Waals surface area contributed by atoms with Gasteiger partial charge in [0.05, 0.1) is 18.9 Å². The Bertz CT molecular complexity index is 232. The second kappa shape index (κ2) is 4.01. The van der Waals surface area contributed by atoms with Crippen molar-refractivity contribution in [3.8, 4) is 0 Å². The summed E-state index contributed by atoms with van der Waals surface area (Å²) in [6.45, 7) is 2.53. The summed E-state index contributed by atoms with van der Waals surface area (Å²) in [5.74, 6) is -0.915. The van der Waals surface area contributed by atoms with Gasteiger partial charge in [0.15, 0.2) is 0 Å². The number of ether oxygens (including phenoxy) is 1. The fourth-order valence-electron chi connectivity index (χ4n) is 0.848. The lowest BCUT2D eigenvalue weighted by atomic mass is 10.3. The van der Waals surface area contributed by atoms with E-state index >= 15 is 0 Å². The molecule has 0 bridgehead atoms. The Morgan fingerprint density at radius 3 is 3.08 bits per heavy atom. The van der Waals surface area contributed by atoms with Gasteiger partial charge in [0, 0.05) is 0 Å². The van der Waals surface area contributed by atoms with Crippen LogP contribution in [0.2, 0.25) is 0 Å². The second-order valence-corrected chi connectivity index (χ2v) is 2.55. The summed E-state index contributed by atoms with van der Waals surface area (Å²) in [4.78, 5) is 14.3. The summed E-state index contributed by atoms with van der Waals surface area (Å²) in [7, 11) is 0. The third-order valence-electron chi connectivity index (χ3n) is 1.49. The van der Waals surface area contributed by atoms with Crippen molar-refractivity contribution in [1.82, 2.24) is 0 Å². The highest BCUT2D eigenvalue weighted by atomic mass is 16.5. The maximum atomic E-state index is 10.4. The molecule has 0 aromatic heterocycles. The number of carboxylic acids is 1. The van der Waals surface area contributed by atoms with E-state index in [1.54, 1.807) is 6.08 Å². The van der Waals surface area contributed by atoms with Crippen LogP contribution in [0.5, 0.6) is 0 Å². The minimum Gasteiger partial charge on any atom is -0.480 e. The van der Waals surface area contributed by atoms with Gasteiger partial charge in [-0.2, -0.15) is 0 Å². The summed E-state index contributed by atoms with van der Waals surface area (Å²) in [5.41, 5.74) is 0.691. The molecule has 1 N–H and O–H groups in total. The van der Waals surface area contributed by atoms with Gasteiger partial charge in [-0.3, -0.25) is 4.99 Å². The molecule has 1 aliphatic heterocycles. The summed E-state index contributed by atoms with van der Waals surface area (Å²) in [6, 6.07) is -0.689. The molecule has 0 spiro atoms. The first-order valence-corrected chi connectivity index (χ1v) is 3.74. The van der Waals surface area contributed by atoms with E-state index in [9.17, 15) is 4.79 Å². The van der Waals surface area contributed by atoms with Gasteiger partial charge in [-0.15, -0.1) is 0 Å². The normalized spacial score (nSPS) is 22.6. The largest absolute Gasteiger partial charge is 0.480 e. The van der Waals surface area contributed by atoms with Gasteiger partial charge in [-0.1, -0.05) is 6.08 Å². The minimum atomic E-state index is -0.915. The number of hydrogen-bond donors (Lipinski definition) is 1. The Kier molecular flexibility index (Phi) is 2.99. The van der Waals surface area contributed by atoms with E-state index in [4.69, 9.17) is 9.84 Å². The van der Waals surface area contributed by atoms with Gasteiger partial charge in [0.2, 0.25) is 0 Å². The molecule has 0 amide bonds. The van der Waals surface area contributed by atoms with Crippen molar-refractivity contribution in [1.29, 1.82) is 0 Å². The fraction of sp³-hybridized carbons (Fsp3) is 0.500. The van der Waals surface area contributed by atoms with Crippen molar-refractivity contribution in [2.45, 2.75) is 13.0 Å². The SMILES string of the molecule is C[C@H](N=C1C=CCOC1)C(=O)O. The molecule has 0 aromatic carbocycles. The Labute approximate surface area is 70.6 Å². The van der Waals surface area contributed by atoms with Crippen LogP contribution < -0.4 is 0 Å². The zero-order valence-electron chi connectivity index (χ0n) is 6.86. The van der Waals surface area contributed by atoms with Gasteiger partial charge < -0.3 is 9.84 Å². The van der Waals surface area contributed by atoms with Crippen LogP contribution in [0, 0.1) is 0 Å². The number of nitrogens with zero attached hydrogens (tertiary/aromatic N) is 1. The van der Waals surface area contributed by atoms with Crippen molar-refractivity contribution >= 4 is 11.7 Å². The molecular weight excluding hydrogens is 158 g/mol. The minimum absolute atomic E-state index is 0.411. The van der Waals surface area contributed by atoms with Crippen molar-refractivity contribution < 1.29 is 14.6 Å². The average molecular weight is 169 g/mol. The van der Waals surface area contributed by atoms with E-state index in [1.807, 2.05) is 6.08 Å². The summed E-state index contributed by atoms with van der Waals surface area (Å²) >= 11 is 0. The van der Waals surface area contributed by atoms with Crippen molar-refractivity contribution in [2.24, 2.45) is 4.99 Å². The maximum absolute atomic E-state index is 10.4. The highest BCUT2D eigenvalue weighted by Gasteiger charge is 2.10. The van der Waals surface area contributed by atoms with Gasteiger partial charge in [-0.05, 0) is 13.0 Å². The Morgan fingerprint density at radius 1 is 1.83 bits per heavy atom. The number of aliphatic imine (C=N–C) groups is 1. The molecule has 1 aliphatic rings. The van der Waals surface area contributed by atoms with Gasteiger partial charge >= 0.3 is 5.97 Å². The van der Waals surface area contributed by atoms with Gasteiger partial charge in [0.25, 0.3) is 0 Å². The highest BCUT2D eigenvalue weighted by molar-refractivity contribution is 5.97. The number of carboxylic acid groups (broad SMARTS) is 1. The molecule has 0 radical (unpaired) electrons. The number of carbonyl (C=O) groups is 1. The van der Waals surface area contributed by atoms with E-state index in [-0.39, 0.29) is 0 Å². The first kappa shape index (κ1) is 8.93. The van der Waals surface area contributed by atoms with Gasteiger partial charge in [0.1, 0.15) is 6.04 Å². The topological polar surface area (TPSA) is 58.9 Å². The lowest BCUT2D eigenvalue weighted by Crippen LogP contribution is -2.19. The Morgan fingerprint density at radius 2 is 2.58 bits per heavy atom. The lowest BCUT2D eigenvalue weighted by Gasteiger charge is -2.08. The lowest BCUT2D eigenvalue weighted by molar-refractivity contribution is -0.137. The van der Waals surface area contributed by atoms with Gasteiger partial charge in [-0.25, -0.2) is 4.79 Å². The third-order valence-corrected chi connectivity index (χ3v) is 1.49. The standard InChI is InChI=1S/C8H11NO3/c1-6(8(10)11)9-7-3-2-4-12-5-7/h2-3,6H,4-5H2,1H3,(H,10,11)/t6-/m0/s1. The molecule has 0 saturated carbocycles. The zero-order valence-corrected chi connectivity index (χ0v) is 6.86. The molecule has 66 valence electrons. The number of aliphatic carboxylic acids is 1. The molecule has 0 saturated heterocycles. The first-order chi connectivity index (χ1) is 5.70. The van der Waals surface area contributed by atoms with E-state index in [1.165, 1.54) is 6.92 Å². The molecule has 4 heteroatoms. The van der Waals surface area contributed by atoms with Crippen LogP contribution in [0.1, 0.15) is 6.92 Å². The molecular formula is C8H11NO3. The smallest absolute Gasteiger partial charge is 0.328 e. The van der Waals surface area contributed by atoms with Crippen molar-refractivity contribution in [3.63, 3.8) is 0 Å². The average Bonchev–Trinajstić information content (AvgIpc) is 2.06. The molecule has 1 atom stereocenters. The Balaban J connectivity index is 2.60. The molecule has 4 nitrogen and oxygen atoms in total. The Hall–Kier alpha value is -1.16. The van der Waals surface area contributed by atoms with Crippen LogP contribution in [0.4, 0.5) is 0 Å². The molecule has 1 heterocycles. The molecule has 0 fully saturated rings. The molecule has 0 aromatic rings. The van der Waals surface area contributed by atoms with Crippen LogP contribution in [-0.2, 0) is 9.53 Å². The van der Waals surface area contributed by atoms with Crippen LogP contribution in [0.15, 0.2) is 17.1 Å². The van der Waals surface area contributed by atoms with Crippen LogP contribution >= 0.6 is 0 Å². The molecule has 12 heavy (non-hydrogen) atoms. The van der Waals surface area contributed by atoms with E-state index in [2.05, 4.69) is 4.99 Å². The fourth-order valence-corrected chi connectivity index (χ4v) is 0.848. The number of rotatable bonds is 2.